The number of nitrogens with two attached hydrogens (primary N) is 1. The zero-order chi connectivity index (χ0) is 21.2. The van der Waals surface area contributed by atoms with Crippen LogP contribution in [0.4, 0.5) is 22.5 Å². The van der Waals surface area contributed by atoms with Crippen LogP contribution in [0.15, 0.2) is 12.4 Å². The number of anilines is 3. The topological polar surface area (TPSA) is 126 Å². The van der Waals surface area contributed by atoms with E-state index in [1.807, 2.05) is 5.01 Å². The molecular weight excluding hydrogens is 398 g/mol. The Morgan fingerprint density at radius 3 is 2.48 bits per heavy atom. The van der Waals surface area contributed by atoms with Crippen LogP contribution in [0.5, 0.6) is 0 Å². The summed E-state index contributed by atoms with van der Waals surface area (Å²) in [6.07, 6.45) is 7.42. The zero-order valence-corrected chi connectivity index (χ0v) is 17.5. The summed E-state index contributed by atoms with van der Waals surface area (Å²) in [7, 11) is 0. The molecule has 0 saturated carbocycles. The highest BCUT2D eigenvalue weighted by Crippen LogP contribution is 2.35. The molecule has 0 bridgehead atoms. The number of aromatic nitrogens is 4. The van der Waals surface area contributed by atoms with Crippen LogP contribution in [-0.4, -0.2) is 76.9 Å². The Morgan fingerprint density at radius 1 is 1.00 bits per heavy atom. The zero-order valence-electron chi connectivity index (χ0n) is 17.5. The van der Waals surface area contributed by atoms with Gasteiger partial charge in [-0.2, -0.15) is 4.98 Å². The minimum Gasteiger partial charge on any atom is -0.378 e. The van der Waals surface area contributed by atoms with Gasteiger partial charge in [0.25, 0.3) is 0 Å². The number of hydrazine groups is 1. The summed E-state index contributed by atoms with van der Waals surface area (Å²) in [5.41, 5.74) is 11.2. The SMILES string of the molecule is Nc1ncc(-c2nc(N3CCOCC3)nc3c2CCN3C(=O)NN2CCCCC2)cn1. The van der Waals surface area contributed by atoms with Gasteiger partial charge in [-0.1, -0.05) is 6.42 Å². The number of morpholine rings is 1. The van der Waals surface area contributed by atoms with Crippen molar-refractivity contribution in [1.29, 1.82) is 0 Å². The molecule has 5 heterocycles. The first kappa shape index (κ1) is 19.9. The second kappa shape index (κ2) is 8.60. The summed E-state index contributed by atoms with van der Waals surface area (Å²) in [6, 6.07) is -0.146. The number of amides is 2. The lowest BCUT2D eigenvalue weighted by Gasteiger charge is -2.30. The van der Waals surface area contributed by atoms with Gasteiger partial charge in [0.1, 0.15) is 5.82 Å². The third kappa shape index (κ3) is 4.10. The van der Waals surface area contributed by atoms with Crippen LogP contribution in [0.3, 0.4) is 0 Å². The molecule has 2 saturated heterocycles. The molecule has 0 spiro atoms. The molecule has 2 aromatic heterocycles. The first-order valence-corrected chi connectivity index (χ1v) is 10.8. The Morgan fingerprint density at radius 2 is 1.74 bits per heavy atom. The van der Waals surface area contributed by atoms with Crippen LogP contribution < -0.4 is 21.0 Å². The van der Waals surface area contributed by atoms with Crippen molar-refractivity contribution in [2.45, 2.75) is 25.7 Å². The number of piperidine rings is 1. The Hall–Kier alpha value is -3.05. The van der Waals surface area contributed by atoms with Crippen LogP contribution in [0.1, 0.15) is 24.8 Å². The van der Waals surface area contributed by atoms with Gasteiger partial charge < -0.3 is 15.4 Å². The van der Waals surface area contributed by atoms with Gasteiger partial charge in [0, 0.05) is 56.2 Å². The van der Waals surface area contributed by atoms with E-state index in [2.05, 4.69) is 20.3 Å². The molecule has 0 aliphatic carbocycles. The maximum atomic E-state index is 13.1. The summed E-state index contributed by atoms with van der Waals surface area (Å²) in [5.74, 6) is 1.45. The summed E-state index contributed by atoms with van der Waals surface area (Å²) < 4.78 is 5.47. The van der Waals surface area contributed by atoms with Gasteiger partial charge in [-0.25, -0.2) is 24.8 Å². The van der Waals surface area contributed by atoms with Gasteiger partial charge in [-0.15, -0.1) is 0 Å². The maximum Gasteiger partial charge on any atom is 0.337 e. The van der Waals surface area contributed by atoms with E-state index >= 15 is 0 Å². The van der Waals surface area contributed by atoms with E-state index in [9.17, 15) is 4.79 Å². The second-order valence-electron chi connectivity index (χ2n) is 7.97. The lowest BCUT2D eigenvalue weighted by Crippen LogP contribution is -2.50. The quantitative estimate of drug-likeness (QED) is 0.735. The first-order valence-electron chi connectivity index (χ1n) is 10.8. The molecule has 3 aliphatic heterocycles. The maximum absolute atomic E-state index is 13.1. The standard InChI is InChI=1S/C20H27N9O2/c21-18-22-12-14(13-23-18)16-15-4-7-29(20(30)26-28-5-2-1-3-6-28)17(15)25-19(24-16)27-8-10-31-11-9-27/h12-13H,1-11H2,(H,26,30)(H2,21,22,23). The van der Waals surface area contributed by atoms with Gasteiger partial charge in [-0.05, 0) is 19.3 Å². The normalized spacial score (nSPS) is 19.4. The van der Waals surface area contributed by atoms with Gasteiger partial charge in [-0.3, -0.25) is 10.3 Å². The number of fused-ring (bicyclic) bond motifs is 1. The second-order valence-corrected chi connectivity index (χ2v) is 7.97. The van der Waals surface area contributed by atoms with E-state index in [4.69, 9.17) is 20.4 Å². The molecule has 0 aromatic carbocycles. The number of rotatable bonds is 3. The fraction of sp³-hybridized carbons (Fsp3) is 0.550. The van der Waals surface area contributed by atoms with Crippen LogP contribution >= 0.6 is 0 Å². The summed E-state index contributed by atoms with van der Waals surface area (Å²) in [4.78, 5) is 34.8. The number of nitrogens with zero attached hydrogens (tertiary/aromatic N) is 7. The first-order chi connectivity index (χ1) is 15.2. The molecule has 11 nitrogen and oxygen atoms in total. The molecule has 164 valence electrons. The van der Waals surface area contributed by atoms with E-state index in [-0.39, 0.29) is 12.0 Å². The number of nitrogens with one attached hydrogen (secondary N) is 1. The van der Waals surface area contributed by atoms with Crippen molar-refractivity contribution in [1.82, 2.24) is 30.4 Å². The monoisotopic (exact) mass is 425 g/mol. The number of hydrogen-bond donors (Lipinski definition) is 2. The highest BCUT2D eigenvalue weighted by Gasteiger charge is 2.32. The number of ether oxygens (including phenoxy) is 1. The van der Waals surface area contributed by atoms with Gasteiger partial charge in [0.05, 0.1) is 18.9 Å². The molecule has 11 heteroatoms. The van der Waals surface area contributed by atoms with Gasteiger partial charge >= 0.3 is 6.03 Å². The molecule has 3 N–H and O–H groups in total. The van der Waals surface area contributed by atoms with Crippen molar-refractivity contribution in [2.75, 3.05) is 61.5 Å². The van der Waals surface area contributed by atoms with E-state index in [1.54, 1.807) is 17.3 Å². The molecule has 0 unspecified atom stereocenters. The minimum absolute atomic E-state index is 0.146. The molecule has 2 aromatic rings. The van der Waals surface area contributed by atoms with Crippen molar-refractivity contribution < 1.29 is 9.53 Å². The molecule has 0 atom stereocenters. The largest absolute Gasteiger partial charge is 0.378 e. The Kier molecular flexibility index (Phi) is 5.51. The number of urea groups is 1. The average molecular weight is 425 g/mol. The smallest absolute Gasteiger partial charge is 0.337 e. The molecule has 2 amide bonds. The Labute approximate surface area is 180 Å². The molecular formula is C20H27N9O2. The molecule has 5 rings (SSSR count). The van der Waals surface area contributed by atoms with Gasteiger partial charge in [0.15, 0.2) is 0 Å². The summed E-state index contributed by atoms with van der Waals surface area (Å²) >= 11 is 0. The van der Waals surface area contributed by atoms with E-state index in [0.717, 1.165) is 42.8 Å². The predicted molar refractivity (Wildman–Crippen MR) is 116 cm³/mol. The van der Waals surface area contributed by atoms with Gasteiger partial charge in [0.2, 0.25) is 11.9 Å². The Bertz CT molecular complexity index is 940. The average Bonchev–Trinajstić information content (AvgIpc) is 3.24. The van der Waals surface area contributed by atoms with Crippen molar-refractivity contribution in [3.8, 4) is 11.3 Å². The predicted octanol–water partition coefficient (Wildman–Crippen LogP) is 0.825. The minimum atomic E-state index is -0.146. The molecule has 31 heavy (non-hydrogen) atoms. The molecule has 0 radical (unpaired) electrons. The van der Waals surface area contributed by atoms with Crippen molar-refractivity contribution in [3.63, 3.8) is 0 Å². The number of hydrogen-bond acceptors (Lipinski definition) is 9. The van der Waals surface area contributed by atoms with E-state index in [1.165, 1.54) is 6.42 Å². The van der Waals surface area contributed by atoms with E-state index in [0.29, 0.717) is 51.0 Å². The van der Waals surface area contributed by atoms with E-state index < -0.39 is 0 Å². The Balaban J connectivity index is 1.49. The summed E-state index contributed by atoms with van der Waals surface area (Å²) in [6.45, 7) is 4.97. The summed E-state index contributed by atoms with van der Waals surface area (Å²) in [5, 5.41) is 2.00. The van der Waals surface area contributed by atoms with Crippen LogP contribution in [0, 0.1) is 0 Å². The third-order valence-corrected chi connectivity index (χ3v) is 5.91. The van der Waals surface area contributed by atoms with Crippen molar-refractivity contribution >= 4 is 23.7 Å². The number of carbonyl (C=O) groups is 1. The van der Waals surface area contributed by atoms with Crippen LogP contribution in [-0.2, 0) is 11.2 Å². The van der Waals surface area contributed by atoms with Crippen molar-refractivity contribution in [3.05, 3.63) is 18.0 Å². The third-order valence-electron chi connectivity index (χ3n) is 5.91. The highest BCUT2D eigenvalue weighted by atomic mass is 16.5. The fourth-order valence-electron chi connectivity index (χ4n) is 4.25. The highest BCUT2D eigenvalue weighted by molar-refractivity contribution is 5.94. The van der Waals surface area contributed by atoms with Crippen molar-refractivity contribution in [2.24, 2.45) is 0 Å². The molecule has 3 aliphatic rings. The fourth-order valence-corrected chi connectivity index (χ4v) is 4.25. The number of nitrogen functional groups attached to an aromatic ring is 1. The molecule has 2 fully saturated rings. The lowest BCUT2D eigenvalue weighted by molar-refractivity contribution is 0.122. The number of carbonyl (C=O) groups excluding carboxylic acids is 1. The lowest BCUT2D eigenvalue weighted by atomic mass is 10.1. The van der Waals surface area contributed by atoms with Crippen LogP contribution in [0.25, 0.3) is 11.3 Å². The van der Waals surface area contributed by atoms with Crippen LogP contribution in [0.2, 0.25) is 0 Å².